The van der Waals surface area contributed by atoms with Crippen molar-refractivity contribution in [1.82, 2.24) is 4.98 Å². The first-order chi connectivity index (χ1) is 5.66. The van der Waals surface area contributed by atoms with Gasteiger partial charge >= 0.3 is 11.7 Å². The number of carbonyl (C=O) groups is 1. The fraction of sp³-hybridized carbons (Fsp3) is 0.286. The minimum Gasteiger partial charge on any atom is -0.461 e. The maximum atomic E-state index is 11.0. The van der Waals surface area contributed by atoms with Crippen LogP contribution in [0.1, 0.15) is 16.2 Å². The zero-order valence-corrected chi connectivity index (χ0v) is 6.81. The van der Waals surface area contributed by atoms with Gasteiger partial charge in [0, 0.05) is 4.73 Å². The zero-order chi connectivity index (χ0) is 9.14. The molecular weight excluding hydrogens is 160 g/mol. The summed E-state index contributed by atoms with van der Waals surface area (Å²) in [7, 11) is 1.24. The molecule has 0 fully saturated rings. The van der Waals surface area contributed by atoms with Crippen molar-refractivity contribution >= 4 is 5.97 Å². The molecule has 1 aromatic heterocycles. The summed E-state index contributed by atoms with van der Waals surface area (Å²) < 4.78 is 5.13. The highest BCUT2D eigenvalue weighted by Gasteiger charge is 2.24. The zero-order valence-electron chi connectivity index (χ0n) is 6.81. The molecule has 0 aliphatic heterocycles. The lowest BCUT2D eigenvalue weighted by molar-refractivity contribution is -0.906. The van der Waals surface area contributed by atoms with E-state index in [1.807, 2.05) is 0 Å². The molecule has 1 rings (SSSR count). The number of esters is 1. The summed E-state index contributed by atoms with van der Waals surface area (Å²) in [6, 6.07) is 0. The van der Waals surface area contributed by atoms with Gasteiger partial charge in [-0.15, -0.1) is 0 Å². The molecule has 0 bridgehead atoms. The van der Waals surface area contributed by atoms with Crippen LogP contribution < -0.4 is 4.73 Å². The Labute approximate surface area is 69.2 Å². The van der Waals surface area contributed by atoms with Crippen LogP contribution in [0, 0.1) is 6.92 Å². The van der Waals surface area contributed by atoms with Crippen LogP contribution in [-0.4, -0.2) is 23.3 Å². The normalized spacial score (nSPS) is 9.50. The third-order valence-corrected chi connectivity index (χ3v) is 1.43. The molecule has 5 nitrogen and oxygen atoms in total. The van der Waals surface area contributed by atoms with Crippen LogP contribution >= 0.6 is 0 Å². The molecule has 0 aliphatic rings. The standard InChI is InChI=1S/C7H9N2O3/c1-5-6(7(10)12-2)9(11)4-3-8-5/h3-4H,1-2H3,(H,8,11)/q+1. The van der Waals surface area contributed by atoms with E-state index in [0.717, 1.165) is 0 Å². The van der Waals surface area contributed by atoms with Crippen LogP contribution in [0.2, 0.25) is 0 Å². The number of ether oxygens (including phenoxy) is 1. The summed E-state index contributed by atoms with van der Waals surface area (Å²) in [6.07, 6.45) is 2.65. The van der Waals surface area contributed by atoms with Gasteiger partial charge in [0.25, 0.3) is 0 Å². The largest absolute Gasteiger partial charge is 0.461 e. The van der Waals surface area contributed by atoms with Crippen molar-refractivity contribution in [3.8, 4) is 0 Å². The maximum absolute atomic E-state index is 11.0. The van der Waals surface area contributed by atoms with E-state index in [0.29, 0.717) is 10.4 Å². The Bertz CT molecular complexity index is 291. The fourth-order valence-electron chi connectivity index (χ4n) is 0.848. The SMILES string of the molecule is COC(=O)c1c(C)ncc[n+]1O. The number of aromatic nitrogens is 2. The lowest BCUT2D eigenvalue weighted by Crippen LogP contribution is -2.39. The molecule has 1 heterocycles. The summed E-state index contributed by atoms with van der Waals surface area (Å²) in [4.78, 5) is 14.8. The Morgan fingerprint density at radius 1 is 1.75 bits per heavy atom. The third kappa shape index (κ3) is 1.34. The molecule has 5 heteroatoms. The summed E-state index contributed by atoms with van der Waals surface area (Å²) in [5.41, 5.74) is 0.465. The van der Waals surface area contributed by atoms with E-state index in [1.54, 1.807) is 6.92 Å². The van der Waals surface area contributed by atoms with Gasteiger partial charge in [-0.1, -0.05) is 0 Å². The number of aryl methyl sites for hydroxylation is 1. The van der Waals surface area contributed by atoms with Crippen LogP contribution in [-0.2, 0) is 4.74 Å². The van der Waals surface area contributed by atoms with E-state index in [4.69, 9.17) is 5.21 Å². The number of nitrogens with zero attached hydrogens (tertiary/aromatic N) is 2. The summed E-state index contributed by atoms with van der Waals surface area (Å²) in [6.45, 7) is 1.61. The molecule has 0 aromatic carbocycles. The topological polar surface area (TPSA) is 63.3 Å². The molecule has 0 saturated heterocycles. The fourth-order valence-corrected chi connectivity index (χ4v) is 0.848. The summed E-state index contributed by atoms with van der Waals surface area (Å²) in [5, 5.41) is 9.17. The van der Waals surface area contributed by atoms with Crippen molar-refractivity contribution in [3.05, 3.63) is 23.8 Å². The molecule has 0 spiro atoms. The Morgan fingerprint density at radius 2 is 2.42 bits per heavy atom. The molecule has 1 N–H and O–H groups in total. The Morgan fingerprint density at radius 3 is 2.92 bits per heavy atom. The second-order valence-electron chi connectivity index (χ2n) is 2.20. The number of rotatable bonds is 1. The smallest absolute Gasteiger partial charge is 0.410 e. The minimum atomic E-state index is -0.608. The highest BCUT2D eigenvalue weighted by Crippen LogP contribution is 1.97. The monoisotopic (exact) mass is 169 g/mol. The van der Waals surface area contributed by atoms with Crippen LogP contribution in [0.25, 0.3) is 0 Å². The van der Waals surface area contributed by atoms with Crippen LogP contribution in [0.15, 0.2) is 12.4 Å². The third-order valence-electron chi connectivity index (χ3n) is 1.43. The van der Waals surface area contributed by atoms with Crippen molar-refractivity contribution < 1.29 is 19.5 Å². The number of methoxy groups -OCH3 is 1. The van der Waals surface area contributed by atoms with Gasteiger partial charge in [-0.2, -0.15) is 0 Å². The Hall–Kier alpha value is -1.65. The van der Waals surface area contributed by atoms with Gasteiger partial charge in [0.05, 0.1) is 13.3 Å². The first-order valence-corrected chi connectivity index (χ1v) is 3.31. The molecular formula is C7H9N2O3+. The van der Waals surface area contributed by atoms with E-state index >= 15 is 0 Å². The average Bonchev–Trinajstić information content (AvgIpc) is 2.03. The number of carbonyl (C=O) groups excluding carboxylic acids is 1. The van der Waals surface area contributed by atoms with E-state index in [9.17, 15) is 4.79 Å². The molecule has 0 radical (unpaired) electrons. The van der Waals surface area contributed by atoms with Crippen LogP contribution in [0.3, 0.4) is 0 Å². The first-order valence-electron chi connectivity index (χ1n) is 3.31. The quantitative estimate of drug-likeness (QED) is 0.356. The van der Waals surface area contributed by atoms with Gasteiger partial charge in [0.15, 0.2) is 0 Å². The van der Waals surface area contributed by atoms with Crippen LogP contribution in [0.5, 0.6) is 0 Å². The molecule has 0 amide bonds. The molecule has 0 atom stereocenters. The molecule has 12 heavy (non-hydrogen) atoms. The van der Waals surface area contributed by atoms with E-state index in [1.165, 1.54) is 19.5 Å². The second-order valence-corrected chi connectivity index (χ2v) is 2.20. The predicted molar refractivity (Wildman–Crippen MR) is 37.7 cm³/mol. The summed E-state index contributed by atoms with van der Waals surface area (Å²) in [5.74, 6) is -0.608. The van der Waals surface area contributed by atoms with Crippen molar-refractivity contribution in [1.29, 1.82) is 0 Å². The first kappa shape index (κ1) is 8.45. The molecule has 1 aromatic rings. The lowest BCUT2D eigenvalue weighted by Gasteiger charge is -1.96. The van der Waals surface area contributed by atoms with Gasteiger partial charge in [-0.25, -0.2) is 9.78 Å². The average molecular weight is 169 g/mol. The second kappa shape index (κ2) is 3.17. The van der Waals surface area contributed by atoms with E-state index in [2.05, 4.69) is 9.72 Å². The lowest BCUT2D eigenvalue weighted by atomic mass is 10.3. The van der Waals surface area contributed by atoms with Gasteiger partial charge in [-0.05, 0) is 6.92 Å². The molecule has 0 saturated carbocycles. The highest BCUT2D eigenvalue weighted by molar-refractivity contribution is 5.86. The van der Waals surface area contributed by atoms with Crippen LogP contribution in [0.4, 0.5) is 0 Å². The highest BCUT2D eigenvalue weighted by atomic mass is 16.5. The molecule has 0 unspecified atom stereocenters. The molecule has 0 aliphatic carbocycles. The Kier molecular flexibility index (Phi) is 2.23. The van der Waals surface area contributed by atoms with Gasteiger partial charge in [-0.3, -0.25) is 5.21 Å². The molecule has 64 valence electrons. The van der Waals surface area contributed by atoms with E-state index < -0.39 is 5.97 Å². The van der Waals surface area contributed by atoms with Gasteiger partial charge in [0.1, 0.15) is 5.69 Å². The van der Waals surface area contributed by atoms with Gasteiger partial charge in [0.2, 0.25) is 6.20 Å². The van der Waals surface area contributed by atoms with Crippen molar-refractivity contribution in [2.75, 3.05) is 7.11 Å². The Balaban J connectivity index is 3.21. The number of hydrogen-bond donors (Lipinski definition) is 1. The van der Waals surface area contributed by atoms with Gasteiger partial charge < -0.3 is 4.74 Å². The predicted octanol–water partition coefficient (Wildman–Crippen LogP) is -0.299. The maximum Gasteiger partial charge on any atom is 0.410 e. The summed E-state index contributed by atoms with van der Waals surface area (Å²) >= 11 is 0. The van der Waals surface area contributed by atoms with Crippen molar-refractivity contribution in [3.63, 3.8) is 0 Å². The van der Waals surface area contributed by atoms with Crippen molar-refractivity contribution in [2.45, 2.75) is 6.92 Å². The number of hydrogen-bond acceptors (Lipinski definition) is 4. The van der Waals surface area contributed by atoms with Crippen molar-refractivity contribution in [2.24, 2.45) is 0 Å². The minimum absolute atomic E-state index is 0.0417. The van der Waals surface area contributed by atoms with E-state index in [-0.39, 0.29) is 5.69 Å².